The Bertz CT molecular complexity index is 469. The summed E-state index contributed by atoms with van der Waals surface area (Å²) in [4.78, 5) is 9.01. The van der Waals surface area contributed by atoms with E-state index in [1.165, 1.54) is 6.21 Å². The van der Waals surface area contributed by atoms with Gasteiger partial charge in [-0.05, 0) is 29.8 Å². The van der Waals surface area contributed by atoms with Gasteiger partial charge in [-0.1, -0.05) is 0 Å². The van der Waals surface area contributed by atoms with E-state index in [4.69, 9.17) is 5.53 Å². The van der Waals surface area contributed by atoms with Crippen LogP contribution in [-0.4, -0.2) is 16.0 Å². The van der Waals surface area contributed by atoms with Gasteiger partial charge in [-0.3, -0.25) is 4.98 Å². The van der Waals surface area contributed by atoms with E-state index in [-0.39, 0.29) is 0 Å². The van der Waals surface area contributed by atoms with Crippen molar-refractivity contribution in [2.24, 2.45) is 0 Å². The highest BCUT2D eigenvalue weighted by molar-refractivity contribution is 7.17. The first-order chi connectivity index (χ1) is 6.90. The van der Waals surface area contributed by atoms with Crippen LogP contribution in [0.3, 0.4) is 0 Å². The molecule has 0 N–H and O–H groups in total. The van der Waals surface area contributed by atoms with Crippen molar-refractivity contribution in [3.63, 3.8) is 0 Å². The van der Waals surface area contributed by atoms with Crippen molar-refractivity contribution in [3.05, 3.63) is 47.1 Å². The van der Waals surface area contributed by atoms with Crippen LogP contribution in [0.2, 0.25) is 0 Å². The second-order valence-corrected chi connectivity index (χ2v) is 3.80. The summed E-state index contributed by atoms with van der Waals surface area (Å²) in [6.07, 6.45) is 4.94. The molecule has 0 fully saturated rings. The van der Waals surface area contributed by atoms with E-state index in [9.17, 15) is 0 Å². The van der Waals surface area contributed by atoms with E-state index in [1.54, 1.807) is 23.7 Å². The van der Waals surface area contributed by atoms with Gasteiger partial charge in [0.2, 0.25) is 0 Å². The molecule has 0 aliphatic heterocycles. The van der Waals surface area contributed by atoms with Crippen molar-refractivity contribution in [2.75, 3.05) is 0 Å². The van der Waals surface area contributed by atoms with E-state index < -0.39 is 0 Å². The summed E-state index contributed by atoms with van der Waals surface area (Å²) in [5.41, 5.74) is 9.49. The highest BCUT2D eigenvalue weighted by Gasteiger charge is 2.02. The third kappa shape index (κ3) is 1.76. The van der Waals surface area contributed by atoms with Crippen LogP contribution in [0.5, 0.6) is 0 Å². The molecule has 2 rings (SSSR count). The number of nitrogens with zero attached hydrogens (tertiary/aromatic N) is 3. The molecule has 3 nitrogen and oxygen atoms in total. The molecule has 68 valence electrons. The average Bonchev–Trinajstić information content (AvgIpc) is 2.68. The van der Waals surface area contributed by atoms with Gasteiger partial charge in [0, 0.05) is 17.3 Å². The number of pyridine rings is 1. The van der Waals surface area contributed by atoms with E-state index in [2.05, 4.69) is 9.77 Å². The molecule has 0 spiro atoms. The fraction of sp³-hybridized carbons (Fsp3) is 0. The molecular weight excluding hydrogens is 194 g/mol. The highest BCUT2D eigenvalue weighted by Crippen LogP contribution is 2.26. The maximum absolute atomic E-state index is 8.37. The highest BCUT2D eigenvalue weighted by atomic mass is 32.1. The molecule has 14 heavy (non-hydrogen) atoms. The molecule has 0 aliphatic carbocycles. The van der Waals surface area contributed by atoms with Gasteiger partial charge in [0.05, 0.1) is 0 Å². The molecule has 0 radical (unpaired) electrons. The number of hydrogen-bond donors (Lipinski definition) is 0. The zero-order valence-corrected chi connectivity index (χ0v) is 8.11. The second kappa shape index (κ2) is 3.96. The van der Waals surface area contributed by atoms with Gasteiger partial charge in [0.25, 0.3) is 6.21 Å². The molecule has 0 saturated carbocycles. The molecule has 0 aliphatic rings. The lowest BCUT2D eigenvalue weighted by atomic mass is 10.2. The largest absolute Gasteiger partial charge is 0.361 e. The van der Waals surface area contributed by atoms with E-state index in [0.29, 0.717) is 0 Å². The molecule has 0 saturated heterocycles. The molecular formula is C10H7N3S. The summed E-state index contributed by atoms with van der Waals surface area (Å²) in [5.74, 6) is 0. The van der Waals surface area contributed by atoms with E-state index >= 15 is 0 Å². The van der Waals surface area contributed by atoms with Gasteiger partial charge in [0.15, 0.2) is 0 Å². The molecule has 2 heterocycles. The van der Waals surface area contributed by atoms with Crippen LogP contribution in [-0.2, 0) is 0 Å². The number of hydrogen-bond acceptors (Lipinski definition) is 2. The number of aromatic nitrogens is 1. The first-order valence-corrected chi connectivity index (χ1v) is 4.89. The van der Waals surface area contributed by atoms with Crippen LogP contribution in [0, 0.1) is 0 Å². The standard InChI is InChI=1S/C10H7N3S/c11-13-7-9-1-2-10(14-9)8-3-5-12-6-4-8/h1-7H. The zero-order chi connectivity index (χ0) is 9.80. The molecule has 0 aromatic carbocycles. The number of thiophene rings is 1. The molecule has 2 aromatic heterocycles. The topological polar surface area (TPSA) is 49.3 Å². The fourth-order valence-electron chi connectivity index (χ4n) is 1.15. The maximum atomic E-state index is 8.37. The lowest BCUT2D eigenvalue weighted by Crippen LogP contribution is -1.72. The summed E-state index contributed by atoms with van der Waals surface area (Å²) in [6, 6.07) is 7.81. The Labute approximate surface area is 85.3 Å². The Kier molecular flexibility index (Phi) is 2.49. The second-order valence-electron chi connectivity index (χ2n) is 2.68. The third-order valence-corrected chi connectivity index (χ3v) is 2.85. The monoisotopic (exact) mass is 201 g/mol. The first kappa shape index (κ1) is 8.81. The molecule has 0 amide bonds. The lowest BCUT2D eigenvalue weighted by Gasteiger charge is -1.92. The van der Waals surface area contributed by atoms with Gasteiger partial charge in [-0.2, -0.15) is 4.79 Å². The summed E-state index contributed by atoms with van der Waals surface area (Å²) >= 11 is 1.57. The van der Waals surface area contributed by atoms with Gasteiger partial charge >= 0.3 is 0 Å². The Morgan fingerprint density at radius 2 is 2.00 bits per heavy atom. The predicted molar refractivity (Wildman–Crippen MR) is 56.3 cm³/mol. The normalized spacial score (nSPS) is 9.43. The summed E-state index contributed by atoms with van der Waals surface area (Å²) < 4.78 is 0. The van der Waals surface area contributed by atoms with Gasteiger partial charge < -0.3 is 5.53 Å². The van der Waals surface area contributed by atoms with Gasteiger partial charge in [-0.25, -0.2) is 0 Å². The lowest BCUT2D eigenvalue weighted by molar-refractivity contribution is 0.00482. The molecule has 0 unspecified atom stereocenters. The van der Waals surface area contributed by atoms with Crippen molar-refractivity contribution >= 4 is 17.6 Å². The van der Waals surface area contributed by atoms with Crippen LogP contribution >= 0.6 is 11.3 Å². The number of rotatable bonds is 2. The van der Waals surface area contributed by atoms with Crippen LogP contribution in [0.1, 0.15) is 4.88 Å². The van der Waals surface area contributed by atoms with Gasteiger partial charge in [-0.15, -0.1) is 11.3 Å². The molecule has 4 heteroatoms. The Balaban J connectivity index is 2.39. The van der Waals surface area contributed by atoms with Crippen LogP contribution < -0.4 is 0 Å². The minimum absolute atomic E-state index is 0.930. The van der Waals surface area contributed by atoms with Crippen molar-refractivity contribution < 1.29 is 4.79 Å². The maximum Gasteiger partial charge on any atom is 0.297 e. The fourth-order valence-corrected chi connectivity index (χ4v) is 2.03. The van der Waals surface area contributed by atoms with Crippen molar-refractivity contribution in [1.29, 1.82) is 0 Å². The molecule has 0 atom stereocenters. The quantitative estimate of drug-likeness (QED) is 0.418. The van der Waals surface area contributed by atoms with E-state index in [0.717, 1.165) is 15.3 Å². The van der Waals surface area contributed by atoms with Crippen molar-refractivity contribution in [1.82, 2.24) is 4.98 Å². The van der Waals surface area contributed by atoms with E-state index in [1.807, 2.05) is 24.3 Å². The first-order valence-electron chi connectivity index (χ1n) is 4.08. The smallest absolute Gasteiger partial charge is 0.297 e. The van der Waals surface area contributed by atoms with Crippen LogP contribution in [0.4, 0.5) is 0 Å². The van der Waals surface area contributed by atoms with Crippen LogP contribution in [0.25, 0.3) is 16.0 Å². The minimum Gasteiger partial charge on any atom is -0.361 e. The summed E-state index contributed by atoms with van der Waals surface area (Å²) in [5, 5.41) is 0. The summed E-state index contributed by atoms with van der Waals surface area (Å²) in [6.45, 7) is 0. The SMILES string of the molecule is [N-]=[N+]=Cc1ccc(-c2ccncc2)s1. The Morgan fingerprint density at radius 3 is 2.71 bits per heavy atom. The zero-order valence-electron chi connectivity index (χ0n) is 7.29. The molecule has 0 bridgehead atoms. The van der Waals surface area contributed by atoms with Gasteiger partial charge in [0.1, 0.15) is 4.88 Å². The predicted octanol–water partition coefficient (Wildman–Crippen LogP) is 2.46. The third-order valence-electron chi connectivity index (χ3n) is 1.78. The van der Waals surface area contributed by atoms with Crippen molar-refractivity contribution in [3.8, 4) is 10.4 Å². The Hall–Kier alpha value is -1.77. The average molecular weight is 201 g/mol. The van der Waals surface area contributed by atoms with Crippen molar-refractivity contribution in [2.45, 2.75) is 0 Å². The Morgan fingerprint density at radius 1 is 1.21 bits per heavy atom. The minimum atomic E-state index is 0.930. The molecule has 2 aromatic rings. The van der Waals surface area contributed by atoms with Crippen LogP contribution in [0.15, 0.2) is 36.7 Å². The summed E-state index contributed by atoms with van der Waals surface area (Å²) in [7, 11) is 0.